The normalized spacial score (nSPS) is 22.4. The van der Waals surface area contributed by atoms with Crippen molar-refractivity contribution in [2.75, 3.05) is 20.4 Å². The van der Waals surface area contributed by atoms with Crippen molar-refractivity contribution in [1.29, 1.82) is 0 Å². The minimum absolute atomic E-state index is 0.0483. The summed E-state index contributed by atoms with van der Waals surface area (Å²) >= 11 is 0. The van der Waals surface area contributed by atoms with Crippen LogP contribution in [-0.4, -0.2) is 58.1 Å². The Balaban J connectivity index is 1.60. The second-order valence-electron chi connectivity index (χ2n) is 7.98. The fraction of sp³-hybridized carbons (Fsp3) is 0.273. The Morgan fingerprint density at radius 1 is 1.10 bits per heavy atom. The van der Waals surface area contributed by atoms with Crippen LogP contribution in [0.1, 0.15) is 22.9 Å². The van der Waals surface area contributed by atoms with Gasteiger partial charge in [-0.3, -0.25) is 9.59 Å². The van der Waals surface area contributed by atoms with E-state index in [2.05, 4.69) is 4.98 Å². The van der Waals surface area contributed by atoms with E-state index >= 15 is 0 Å². The summed E-state index contributed by atoms with van der Waals surface area (Å²) in [4.78, 5) is 32.7. The van der Waals surface area contributed by atoms with Crippen LogP contribution in [0.2, 0.25) is 0 Å². The van der Waals surface area contributed by atoms with Gasteiger partial charge in [-0.25, -0.2) is 0 Å². The number of rotatable bonds is 1. The van der Waals surface area contributed by atoms with Crippen molar-refractivity contribution >= 4 is 22.7 Å². The first-order chi connectivity index (χ1) is 14.5. The Morgan fingerprint density at radius 3 is 2.80 bits per heavy atom. The average molecular weight is 405 g/mol. The summed E-state index contributed by atoms with van der Waals surface area (Å²) in [6.07, 6.45) is 0.398. The standard InChI is InChI=1S/C22H19N3O5/c1-24-9-19(27)25-16(22(24)28)8-14-13-7-12(26)3-4-15(13)23-20(14)21(25)11-2-5-17-18(6-11)30-10-29-17/h2-7,16,21,23,26H,8-10H2,1H3/t16-,21-/m1/s1. The van der Waals surface area contributed by atoms with Gasteiger partial charge in [0.25, 0.3) is 0 Å². The number of phenols is 1. The van der Waals surface area contributed by atoms with Gasteiger partial charge in [-0.15, -0.1) is 0 Å². The van der Waals surface area contributed by atoms with Crippen LogP contribution in [0.3, 0.4) is 0 Å². The maximum atomic E-state index is 13.1. The molecule has 3 aliphatic heterocycles. The molecule has 6 rings (SSSR count). The fourth-order valence-electron chi connectivity index (χ4n) is 4.87. The molecule has 0 bridgehead atoms. The molecule has 2 atom stereocenters. The van der Waals surface area contributed by atoms with Crippen LogP contribution in [0.15, 0.2) is 36.4 Å². The van der Waals surface area contributed by atoms with E-state index in [1.807, 2.05) is 24.3 Å². The van der Waals surface area contributed by atoms with Crippen LogP contribution in [0, 0.1) is 0 Å². The van der Waals surface area contributed by atoms with Gasteiger partial charge in [0.2, 0.25) is 18.6 Å². The van der Waals surface area contributed by atoms with E-state index in [-0.39, 0.29) is 30.9 Å². The Morgan fingerprint density at radius 2 is 1.93 bits per heavy atom. The van der Waals surface area contributed by atoms with Crippen LogP contribution in [0.5, 0.6) is 17.2 Å². The molecule has 0 spiro atoms. The van der Waals surface area contributed by atoms with Crippen LogP contribution in [0.25, 0.3) is 10.9 Å². The number of benzene rings is 2. The zero-order chi connectivity index (χ0) is 20.6. The van der Waals surface area contributed by atoms with Crippen molar-refractivity contribution < 1.29 is 24.2 Å². The monoisotopic (exact) mass is 405 g/mol. The molecule has 0 saturated carbocycles. The molecule has 0 radical (unpaired) electrons. The van der Waals surface area contributed by atoms with E-state index in [1.54, 1.807) is 24.1 Å². The van der Waals surface area contributed by atoms with Crippen LogP contribution in [0.4, 0.5) is 0 Å². The van der Waals surface area contributed by atoms with Gasteiger partial charge in [-0.05, 0) is 41.5 Å². The zero-order valence-corrected chi connectivity index (χ0v) is 16.2. The van der Waals surface area contributed by atoms with Crippen molar-refractivity contribution in [3.63, 3.8) is 0 Å². The summed E-state index contributed by atoms with van der Waals surface area (Å²) in [6, 6.07) is 9.69. The topological polar surface area (TPSA) is 95.1 Å². The number of aromatic amines is 1. The van der Waals surface area contributed by atoms with Gasteiger partial charge < -0.3 is 29.4 Å². The number of nitrogens with zero attached hydrogens (tertiary/aromatic N) is 2. The molecule has 1 aromatic heterocycles. The molecular formula is C22H19N3O5. The van der Waals surface area contributed by atoms with Crippen LogP contribution in [-0.2, 0) is 16.0 Å². The maximum Gasteiger partial charge on any atom is 0.245 e. The SMILES string of the molecule is CN1CC(=O)N2[C@H](c3ccc4c(c3)OCO4)c3[nH]c4ccc(O)cc4c3C[C@@H]2C1=O. The first-order valence-electron chi connectivity index (χ1n) is 9.80. The summed E-state index contributed by atoms with van der Waals surface area (Å²) < 4.78 is 11.0. The molecule has 0 aliphatic carbocycles. The molecular weight excluding hydrogens is 386 g/mol. The molecule has 3 aliphatic rings. The number of likely N-dealkylation sites (N-methyl/N-ethyl adjacent to an activating group) is 1. The maximum absolute atomic E-state index is 13.1. The number of carbonyl (C=O) groups is 2. The van der Waals surface area contributed by atoms with Crippen molar-refractivity contribution in [1.82, 2.24) is 14.8 Å². The number of ether oxygens (including phenoxy) is 2. The largest absolute Gasteiger partial charge is 0.508 e. The zero-order valence-electron chi connectivity index (χ0n) is 16.2. The van der Waals surface area contributed by atoms with E-state index in [9.17, 15) is 14.7 Å². The van der Waals surface area contributed by atoms with Crippen molar-refractivity contribution in [2.24, 2.45) is 0 Å². The highest BCUT2D eigenvalue weighted by molar-refractivity contribution is 5.97. The van der Waals surface area contributed by atoms with E-state index in [1.165, 1.54) is 4.90 Å². The number of nitrogens with one attached hydrogen (secondary N) is 1. The number of phenolic OH excluding ortho intramolecular Hbond substituents is 1. The number of aromatic nitrogens is 1. The van der Waals surface area contributed by atoms with Gasteiger partial charge in [0.1, 0.15) is 11.8 Å². The third-order valence-corrected chi connectivity index (χ3v) is 6.24. The lowest BCUT2D eigenvalue weighted by atomic mass is 9.86. The number of hydrogen-bond acceptors (Lipinski definition) is 5. The number of amides is 2. The van der Waals surface area contributed by atoms with Gasteiger partial charge in [0, 0.05) is 30.1 Å². The summed E-state index contributed by atoms with van der Waals surface area (Å²) in [6.45, 7) is 0.210. The number of carbonyl (C=O) groups excluding carboxylic acids is 2. The van der Waals surface area contributed by atoms with E-state index in [0.29, 0.717) is 17.9 Å². The Labute approximate surface area is 171 Å². The molecule has 1 saturated heterocycles. The number of aromatic hydroxyl groups is 1. The Hall–Kier alpha value is -3.68. The Bertz CT molecular complexity index is 1230. The molecule has 1 fully saturated rings. The molecule has 8 heteroatoms. The lowest BCUT2D eigenvalue weighted by Crippen LogP contribution is -2.62. The molecule has 30 heavy (non-hydrogen) atoms. The summed E-state index contributed by atoms with van der Waals surface area (Å²) in [7, 11) is 1.66. The molecule has 152 valence electrons. The van der Waals surface area contributed by atoms with Crippen molar-refractivity contribution in [3.8, 4) is 17.2 Å². The van der Waals surface area contributed by atoms with Crippen molar-refractivity contribution in [3.05, 3.63) is 53.2 Å². The first-order valence-corrected chi connectivity index (χ1v) is 9.80. The van der Waals surface area contributed by atoms with E-state index < -0.39 is 12.1 Å². The minimum Gasteiger partial charge on any atom is -0.508 e. The van der Waals surface area contributed by atoms with Crippen LogP contribution >= 0.6 is 0 Å². The lowest BCUT2D eigenvalue weighted by molar-refractivity contribution is -0.157. The quantitative estimate of drug-likeness (QED) is 0.645. The van der Waals surface area contributed by atoms with Crippen LogP contribution < -0.4 is 9.47 Å². The highest BCUT2D eigenvalue weighted by Crippen LogP contribution is 2.45. The molecule has 3 aromatic rings. The first kappa shape index (κ1) is 17.2. The smallest absolute Gasteiger partial charge is 0.245 e. The second kappa shape index (κ2) is 5.91. The summed E-state index contributed by atoms with van der Waals surface area (Å²) in [5.41, 5.74) is 3.50. The molecule has 2 aromatic carbocycles. The number of fused-ring (bicyclic) bond motifs is 5. The predicted octanol–water partition coefficient (Wildman–Crippen LogP) is 1.92. The van der Waals surface area contributed by atoms with Crippen molar-refractivity contribution in [2.45, 2.75) is 18.5 Å². The van der Waals surface area contributed by atoms with Gasteiger partial charge in [0.15, 0.2) is 11.5 Å². The predicted molar refractivity (Wildman–Crippen MR) is 106 cm³/mol. The fourth-order valence-corrected chi connectivity index (χ4v) is 4.87. The summed E-state index contributed by atoms with van der Waals surface area (Å²) in [5.74, 6) is 1.26. The van der Waals surface area contributed by atoms with Gasteiger partial charge >= 0.3 is 0 Å². The second-order valence-corrected chi connectivity index (χ2v) is 7.98. The highest BCUT2D eigenvalue weighted by atomic mass is 16.7. The van der Waals surface area contributed by atoms with Gasteiger partial charge in [-0.2, -0.15) is 0 Å². The number of piperazine rings is 1. The van der Waals surface area contributed by atoms with Gasteiger partial charge in [0.05, 0.1) is 12.6 Å². The number of hydrogen-bond donors (Lipinski definition) is 2. The van der Waals surface area contributed by atoms with E-state index in [4.69, 9.17) is 9.47 Å². The molecule has 2 amide bonds. The third-order valence-electron chi connectivity index (χ3n) is 6.24. The minimum atomic E-state index is -0.597. The third kappa shape index (κ3) is 2.27. The molecule has 0 unspecified atom stereocenters. The average Bonchev–Trinajstić information content (AvgIpc) is 3.34. The highest BCUT2D eigenvalue weighted by Gasteiger charge is 2.47. The van der Waals surface area contributed by atoms with Gasteiger partial charge in [-0.1, -0.05) is 6.07 Å². The molecule has 4 heterocycles. The molecule has 2 N–H and O–H groups in total. The number of H-pyrrole nitrogens is 1. The van der Waals surface area contributed by atoms with E-state index in [0.717, 1.165) is 27.7 Å². The Kier molecular flexibility index (Phi) is 3.39. The lowest BCUT2D eigenvalue weighted by Gasteiger charge is -2.46. The summed E-state index contributed by atoms with van der Waals surface area (Å²) in [5, 5.41) is 10.9. The molecule has 8 nitrogen and oxygen atoms in total.